The molecule has 0 aromatic heterocycles. The Bertz CT molecular complexity index is 1090. The third-order valence-corrected chi connectivity index (χ3v) is 7.24. The standard InChI is InChI=1S/C23H30ClN3O5S/c1-15-12-27(16(2)14-28)23(29)19-6-5-7-20(22(19)32-21(15)13-26(3)4)25-33(30,31)18-10-8-17(24)9-11-18/h5-11,15-16,21,25,28H,12-14H2,1-4H3/t15-,16+,21+/m1/s1. The molecule has 1 aliphatic rings. The number of nitrogens with one attached hydrogen (secondary N) is 1. The van der Waals surface area contributed by atoms with Crippen LogP contribution < -0.4 is 9.46 Å². The number of likely N-dealkylation sites (N-methyl/N-ethyl adjacent to an activating group) is 1. The van der Waals surface area contributed by atoms with Gasteiger partial charge < -0.3 is 19.6 Å². The SMILES string of the molecule is C[C@@H]1CN([C@@H](C)CO)C(=O)c2cccc(NS(=O)(=O)c3ccc(Cl)cc3)c2O[C@H]1CN(C)C. The molecule has 3 rings (SSSR count). The zero-order valence-corrected chi connectivity index (χ0v) is 20.7. The molecule has 0 spiro atoms. The van der Waals surface area contributed by atoms with E-state index in [0.717, 1.165) is 0 Å². The van der Waals surface area contributed by atoms with Gasteiger partial charge in [0.2, 0.25) is 0 Å². The maximum Gasteiger partial charge on any atom is 0.262 e. The van der Waals surface area contributed by atoms with Crippen LogP contribution in [0, 0.1) is 5.92 Å². The average Bonchev–Trinajstić information content (AvgIpc) is 2.76. The molecule has 2 aromatic rings. The number of hydrogen-bond acceptors (Lipinski definition) is 6. The number of anilines is 1. The van der Waals surface area contributed by atoms with E-state index < -0.39 is 16.1 Å². The van der Waals surface area contributed by atoms with Crippen molar-refractivity contribution < 1.29 is 23.1 Å². The van der Waals surface area contributed by atoms with Crippen molar-refractivity contribution in [2.45, 2.75) is 30.9 Å². The van der Waals surface area contributed by atoms with Gasteiger partial charge in [0.15, 0.2) is 5.75 Å². The first-order valence-corrected chi connectivity index (χ1v) is 12.5. The Morgan fingerprint density at radius 2 is 1.91 bits per heavy atom. The number of hydrogen-bond donors (Lipinski definition) is 2. The second kappa shape index (κ2) is 10.3. The van der Waals surface area contributed by atoms with Crippen LogP contribution in [0.5, 0.6) is 5.75 Å². The lowest BCUT2D eigenvalue weighted by atomic mass is 9.99. The van der Waals surface area contributed by atoms with Crippen molar-refractivity contribution in [1.82, 2.24) is 9.80 Å². The summed E-state index contributed by atoms with van der Waals surface area (Å²) < 4.78 is 35.0. The highest BCUT2D eigenvalue weighted by atomic mass is 35.5. The quantitative estimate of drug-likeness (QED) is 0.612. The van der Waals surface area contributed by atoms with Gasteiger partial charge in [-0.25, -0.2) is 8.42 Å². The van der Waals surface area contributed by atoms with Gasteiger partial charge in [-0.15, -0.1) is 0 Å². The predicted molar refractivity (Wildman–Crippen MR) is 128 cm³/mol. The molecule has 180 valence electrons. The van der Waals surface area contributed by atoms with Crippen LogP contribution in [0.3, 0.4) is 0 Å². The van der Waals surface area contributed by atoms with Crippen molar-refractivity contribution in [3.8, 4) is 5.75 Å². The van der Waals surface area contributed by atoms with Crippen molar-refractivity contribution in [1.29, 1.82) is 0 Å². The minimum atomic E-state index is -3.95. The molecule has 0 bridgehead atoms. The van der Waals surface area contributed by atoms with E-state index in [9.17, 15) is 18.3 Å². The topological polar surface area (TPSA) is 99.2 Å². The van der Waals surface area contributed by atoms with Gasteiger partial charge in [-0.2, -0.15) is 0 Å². The fraction of sp³-hybridized carbons (Fsp3) is 0.435. The molecule has 8 nitrogen and oxygen atoms in total. The van der Waals surface area contributed by atoms with Crippen LogP contribution in [0.15, 0.2) is 47.4 Å². The molecule has 0 saturated heterocycles. The van der Waals surface area contributed by atoms with E-state index in [1.54, 1.807) is 30.0 Å². The number of amides is 1. The van der Waals surface area contributed by atoms with Gasteiger partial charge in [-0.05, 0) is 57.4 Å². The van der Waals surface area contributed by atoms with E-state index in [1.807, 2.05) is 25.9 Å². The summed E-state index contributed by atoms with van der Waals surface area (Å²) in [5, 5.41) is 10.2. The molecule has 10 heteroatoms. The lowest BCUT2D eigenvalue weighted by molar-refractivity contribution is 0.0366. The third-order valence-electron chi connectivity index (χ3n) is 5.60. The Hall–Kier alpha value is -2.33. The van der Waals surface area contributed by atoms with Gasteiger partial charge in [-0.3, -0.25) is 9.52 Å². The lowest BCUT2D eigenvalue weighted by Gasteiger charge is -2.38. The molecule has 0 fully saturated rings. The third kappa shape index (κ3) is 5.78. The number of nitrogens with zero attached hydrogens (tertiary/aromatic N) is 2. The predicted octanol–water partition coefficient (Wildman–Crippen LogP) is 2.92. The van der Waals surface area contributed by atoms with Crippen molar-refractivity contribution in [2.24, 2.45) is 5.92 Å². The van der Waals surface area contributed by atoms with E-state index in [1.165, 1.54) is 24.3 Å². The molecular formula is C23H30ClN3O5S. The van der Waals surface area contributed by atoms with E-state index in [0.29, 0.717) is 18.1 Å². The van der Waals surface area contributed by atoms with Crippen molar-refractivity contribution in [3.63, 3.8) is 0 Å². The fourth-order valence-corrected chi connectivity index (χ4v) is 4.91. The Balaban J connectivity index is 2.09. The van der Waals surface area contributed by atoms with Gasteiger partial charge in [0.05, 0.1) is 28.8 Å². The Labute approximate surface area is 200 Å². The minimum Gasteiger partial charge on any atom is -0.486 e. The van der Waals surface area contributed by atoms with Crippen LogP contribution in [-0.2, 0) is 10.0 Å². The first-order valence-electron chi connectivity index (χ1n) is 10.7. The molecule has 3 atom stereocenters. The first-order chi connectivity index (χ1) is 15.5. The van der Waals surface area contributed by atoms with Crippen LogP contribution in [0.4, 0.5) is 5.69 Å². The van der Waals surface area contributed by atoms with Crippen molar-refractivity contribution in [3.05, 3.63) is 53.1 Å². The van der Waals surface area contributed by atoms with Crippen LogP contribution in [-0.4, -0.2) is 75.2 Å². The molecule has 0 radical (unpaired) electrons. The summed E-state index contributed by atoms with van der Waals surface area (Å²) in [6.45, 7) is 4.54. The average molecular weight is 496 g/mol. The maximum atomic E-state index is 13.4. The van der Waals surface area contributed by atoms with Crippen LogP contribution in [0.2, 0.25) is 5.02 Å². The first kappa shape index (κ1) is 25.3. The maximum absolute atomic E-state index is 13.4. The van der Waals surface area contributed by atoms with Gasteiger partial charge in [0.1, 0.15) is 6.10 Å². The van der Waals surface area contributed by atoms with Gasteiger partial charge in [0.25, 0.3) is 15.9 Å². The molecule has 1 heterocycles. The zero-order valence-electron chi connectivity index (χ0n) is 19.2. The number of sulfonamides is 1. The molecule has 1 aliphatic heterocycles. The summed E-state index contributed by atoms with van der Waals surface area (Å²) in [7, 11) is -0.113. The minimum absolute atomic E-state index is 0.0374. The molecule has 2 aromatic carbocycles. The van der Waals surface area contributed by atoms with Gasteiger partial charge in [0, 0.05) is 24.0 Å². The van der Waals surface area contributed by atoms with Gasteiger partial charge >= 0.3 is 0 Å². The molecule has 1 amide bonds. The summed E-state index contributed by atoms with van der Waals surface area (Å²) in [5.74, 6) is -0.220. The van der Waals surface area contributed by atoms with Crippen molar-refractivity contribution >= 4 is 33.2 Å². The van der Waals surface area contributed by atoms with Crippen LogP contribution in [0.1, 0.15) is 24.2 Å². The number of benzene rings is 2. The highest BCUT2D eigenvalue weighted by Gasteiger charge is 2.34. The number of aliphatic hydroxyl groups is 1. The highest BCUT2D eigenvalue weighted by molar-refractivity contribution is 7.92. The Morgan fingerprint density at radius 3 is 2.52 bits per heavy atom. The number of aliphatic hydroxyl groups excluding tert-OH is 1. The van der Waals surface area contributed by atoms with E-state index in [2.05, 4.69) is 4.72 Å². The summed E-state index contributed by atoms with van der Waals surface area (Å²) in [6, 6.07) is 10.2. The van der Waals surface area contributed by atoms with Crippen LogP contribution in [0.25, 0.3) is 0 Å². The molecule has 33 heavy (non-hydrogen) atoms. The normalized spacial score (nSPS) is 20.0. The molecule has 0 unspecified atom stereocenters. The van der Waals surface area contributed by atoms with Crippen LogP contribution >= 0.6 is 11.6 Å². The molecular weight excluding hydrogens is 466 g/mol. The number of rotatable bonds is 7. The van der Waals surface area contributed by atoms with Gasteiger partial charge in [-0.1, -0.05) is 24.6 Å². The summed E-state index contributed by atoms with van der Waals surface area (Å²) in [6.07, 6.45) is -0.318. The Kier molecular flexibility index (Phi) is 7.89. The van der Waals surface area contributed by atoms with E-state index >= 15 is 0 Å². The molecule has 0 saturated carbocycles. The van der Waals surface area contributed by atoms with E-state index in [4.69, 9.17) is 16.3 Å². The number of fused-ring (bicyclic) bond motifs is 1. The number of ether oxygens (including phenoxy) is 1. The monoisotopic (exact) mass is 495 g/mol. The molecule has 2 N–H and O–H groups in total. The number of halogens is 1. The lowest BCUT2D eigenvalue weighted by Crippen LogP contribution is -2.49. The largest absolute Gasteiger partial charge is 0.486 e. The second-order valence-electron chi connectivity index (χ2n) is 8.63. The number of para-hydroxylation sites is 1. The summed E-state index contributed by atoms with van der Waals surface area (Å²) in [5.41, 5.74) is 0.410. The highest BCUT2D eigenvalue weighted by Crippen LogP contribution is 2.36. The summed E-state index contributed by atoms with van der Waals surface area (Å²) >= 11 is 5.89. The Morgan fingerprint density at radius 1 is 1.24 bits per heavy atom. The molecule has 0 aliphatic carbocycles. The van der Waals surface area contributed by atoms with E-state index in [-0.39, 0.29) is 46.4 Å². The number of carbonyl (C=O) groups excluding carboxylic acids is 1. The summed E-state index contributed by atoms with van der Waals surface area (Å²) in [4.78, 5) is 17.1. The smallest absolute Gasteiger partial charge is 0.262 e. The number of carbonyl (C=O) groups is 1. The fourth-order valence-electron chi connectivity index (χ4n) is 3.72. The van der Waals surface area contributed by atoms with Crippen molar-refractivity contribution in [2.75, 3.05) is 38.5 Å². The zero-order chi connectivity index (χ0) is 24.3. The second-order valence-corrected chi connectivity index (χ2v) is 10.7.